The Balaban J connectivity index is 2.21. The maximum Gasteiger partial charge on any atom is 0.0313 e. The molecule has 14 heavy (non-hydrogen) atoms. The topological polar surface area (TPSA) is 0 Å². The van der Waals surface area contributed by atoms with Gasteiger partial charge in [-0.2, -0.15) is 0 Å². The molecule has 0 nitrogen and oxygen atoms in total. The van der Waals surface area contributed by atoms with Crippen LogP contribution in [-0.4, -0.2) is 5.25 Å². The lowest BCUT2D eigenvalue weighted by molar-refractivity contribution is 0.759. The van der Waals surface area contributed by atoms with E-state index in [2.05, 4.69) is 43.8 Å². The van der Waals surface area contributed by atoms with E-state index in [4.69, 9.17) is 0 Å². The molecule has 2 aliphatic rings. The Bertz CT molecular complexity index is 307. The van der Waals surface area contributed by atoms with Gasteiger partial charge in [-0.1, -0.05) is 38.8 Å². The van der Waals surface area contributed by atoms with Crippen molar-refractivity contribution < 1.29 is 0 Å². The Morgan fingerprint density at radius 3 is 2.86 bits per heavy atom. The normalized spacial score (nSPS) is 24.4. The zero-order valence-corrected chi connectivity index (χ0v) is 9.86. The highest BCUT2D eigenvalue weighted by Gasteiger charge is 2.28. The van der Waals surface area contributed by atoms with Gasteiger partial charge in [-0.05, 0) is 30.1 Å². The summed E-state index contributed by atoms with van der Waals surface area (Å²) >= 11 is 2.08. The van der Waals surface area contributed by atoms with E-state index in [1.807, 2.05) is 0 Å². The van der Waals surface area contributed by atoms with E-state index in [9.17, 15) is 0 Å². The third-order valence-corrected chi connectivity index (χ3v) is 4.26. The summed E-state index contributed by atoms with van der Waals surface area (Å²) < 4.78 is 0. The van der Waals surface area contributed by atoms with Crippen LogP contribution in [0.1, 0.15) is 39.5 Å². The molecule has 1 atom stereocenters. The van der Waals surface area contributed by atoms with Crippen LogP contribution in [-0.2, 0) is 0 Å². The van der Waals surface area contributed by atoms with E-state index >= 15 is 0 Å². The van der Waals surface area contributed by atoms with E-state index in [1.165, 1.54) is 30.6 Å². The highest BCUT2D eigenvalue weighted by atomic mass is 32.2. The van der Waals surface area contributed by atoms with Crippen molar-refractivity contribution in [1.29, 1.82) is 0 Å². The van der Waals surface area contributed by atoms with Crippen LogP contribution >= 0.6 is 11.8 Å². The molecule has 76 valence electrons. The minimum absolute atomic E-state index is 0.783. The minimum atomic E-state index is 0.783. The summed E-state index contributed by atoms with van der Waals surface area (Å²) in [4.78, 5) is 1.52. The number of hydrogen-bond acceptors (Lipinski definition) is 1. The number of thioether (sulfide) groups is 1. The first-order valence-corrected chi connectivity index (χ1v) is 6.53. The fourth-order valence-electron chi connectivity index (χ4n) is 2.23. The molecule has 0 bridgehead atoms. The zero-order valence-electron chi connectivity index (χ0n) is 9.05. The van der Waals surface area contributed by atoms with Gasteiger partial charge in [-0.3, -0.25) is 0 Å². The lowest BCUT2D eigenvalue weighted by Gasteiger charge is -2.12. The van der Waals surface area contributed by atoms with Crippen molar-refractivity contribution in [3.8, 4) is 0 Å². The predicted molar refractivity (Wildman–Crippen MR) is 65.4 cm³/mol. The molecule has 2 rings (SSSR count). The second-order valence-corrected chi connectivity index (χ2v) is 5.22. The Kier molecular flexibility index (Phi) is 3.17. The van der Waals surface area contributed by atoms with Crippen LogP contribution in [0.5, 0.6) is 0 Å². The van der Waals surface area contributed by atoms with Crippen molar-refractivity contribution in [1.82, 2.24) is 0 Å². The Morgan fingerprint density at radius 2 is 2.14 bits per heavy atom. The molecule has 0 radical (unpaired) electrons. The first-order valence-electron chi connectivity index (χ1n) is 5.65. The number of fused-ring (bicyclic) bond motifs is 1. The Hall–Kier alpha value is -0.430. The van der Waals surface area contributed by atoms with Crippen molar-refractivity contribution in [2.45, 2.75) is 44.8 Å². The van der Waals surface area contributed by atoms with Gasteiger partial charge in [0.2, 0.25) is 0 Å². The van der Waals surface area contributed by atoms with Crippen LogP contribution in [0.25, 0.3) is 0 Å². The predicted octanol–water partition coefficient (Wildman–Crippen LogP) is 4.45. The van der Waals surface area contributed by atoms with Crippen LogP contribution in [0.3, 0.4) is 0 Å². The molecule has 0 spiro atoms. The van der Waals surface area contributed by atoms with Crippen molar-refractivity contribution >= 4 is 11.8 Å². The first kappa shape index (κ1) is 10.1. The minimum Gasteiger partial charge on any atom is -0.118 e. The largest absolute Gasteiger partial charge is 0.118 e. The Labute approximate surface area is 91.2 Å². The van der Waals surface area contributed by atoms with Gasteiger partial charge < -0.3 is 0 Å². The molecule has 0 aromatic carbocycles. The standard InChI is InChI=1S/C13H18S/c1-3-6-10-11-8-5-9-13(11)14-12(10)7-4-2/h5,8-9,12H,3-4,6-7H2,1-2H3. The smallest absolute Gasteiger partial charge is 0.0313 e. The molecule has 1 aliphatic carbocycles. The van der Waals surface area contributed by atoms with Crippen molar-refractivity contribution in [2.75, 3.05) is 0 Å². The molecular formula is C13H18S. The second-order valence-electron chi connectivity index (χ2n) is 3.97. The van der Waals surface area contributed by atoms with Gasteiger partial charge in [0.25, 0.3) is 0 Å². The molecule has 1 heteroatoms. The zero-order chi connectivity index (χ0) is 9.97. The third kappa shape index (κ3) is 1.70. The molecule has 0 saturated carbocycles. The van der Waals surface area contributed by atoms with Crippen molar-refractivity contribution in [3.05, 3.63) is 34.3 Å². The third-order valence-electron chi connectivity index (χ3n) is 2.85. The molecule has 0 aromatic heterocycles. The van der Waals surface area contributed by atoms with Crippen LogP contribution in [0, 0.1) is 0 Å². The molecular weight excluding hydrogens is 188 g/mol. The van der Waals surface area contributed by atoms with Gasteiger partial charge in [-0.25, -0.2) is 0 Å². The lowest BCUT2D eigenvalue weighted by Crippen LogP contribution is -2.02. The summed E-state index contributed by atoms with van der Waals surface area (Å²) in [6.07, 6.45) is 12.0. The van der Waals surface area contributed by atoms with Crippen LogP contribution in [0.4, 0.5) is 0 Å². The number of allylic oxidation sites excluding steroid dienone is 4. The average molecular weight is 206 g/mol. The maximum atomic E-state index is 2.29. The molecule has 1 heterocycles. The highest BCUT2D eigenvalue weighted by molar-refractivity contribution is 8.04. The van der Waals surface area contributed by atoms with Crippen LogP contribution in [0.15, 0.2) is 34.3 Å². The first-order chi connectivity index (χ1) is 6.86. The van der Waals surface area contributed by atoms with Crippen molar-refractivity contribution in [3.63, 3.8) is 0 Å². The van der Waals surface area contributed by atoms with E-state index in [0.717, 1.165) is 5.25 Å². The summed E-state index contributed by atoms with van der Waals surface area (Å²) in [6, 6.07) is 0. The molecule has 0 fully saturated rings. The lowest BCUT2D eigenvalue weighted by atomic mass is 9.98. The molecule has 0 aromatic rings. The molecule has 0 amide bonds. The number of rotatable bonds is 4. The van der Waals surface area contributed by atoms with E-state index < -0.39 is 0 Å². The van der Waals surface area contributed by atoms with Gasteiger partial charge in [0.1, 0.15) is 0 Å². The summed E-state index contributed by atoms with van der Waals surface area (Å²) in [5, 5.41) is 0.783. The summed E-state index contributed by atoms with van der Waals surface area (Å²) in [5.74, 6) is 0. The highest BCUT2D eigenvalue weighted by Crippen LogP contribution is 2.47. The van der Waals surface area contributed by atoms with Crippen molar-refractivity contribution in [2.24, 2.45) is 0 Å². The molecule has 0 saturated heterocycles. The van der Waals surface area contributed by atoms with Gasteiger partial charge in [0.05, 0.1) is 0 Å². The monoisotopic (exact) mass is 206 g/mol. The maximum absolute atomic E-state index is 2.29. The Morgan fingerprint density at radius 1 is 1.29 bits per heavy atom. The van der Waals surface area contributed by atoms with Gasteiger partial charge in [0.15, 0.2) is 0 Å². The molecule has 0 N–H and O–H groups in total. The molecule has 1 unspecified atom stereocenters. The fourth-order valence-corrected chi connectivity index (χ4v) is 3.76. The van der Waals surface area contributed by atoms with Gasteiger partial charge in [-0.15, -0.1) is 11.8 Å². The van der Waals surface area contributed by atoms with Crippen LogP contribution < -0.4 is 0 Å². The van der Waals surface area contributed by atoms with E-state index in [-0.39, 0.29) is 0 Å². The second kappa shape index (κ2) is 4.39. The van der Waals surface area contributed by atoms with Crippen LogP contribution in [0.2, 0.25) is 0 Å². The van der Waals surface area contributed by atoms with Gasteiger partial charge in [0, 0.05) is 10.2 Å². The quantitative estimate of drug-likeness (QED) is 0.654. The van der Waals surface area contributed by atoms with E-state index in [0.29, 0.717) is 0 Å². The van der Waals surface area contributed by atoms with E-state index in [1.54, 1.807) is 11.1 Å². The summed E-state index contributed by atoms with van der Waals surface area (Å²) in [7, 11) is 0. The molecule has 1 aliphatic heterocycles. The summed E-state index contributed by atoms with van der Waals surface area (Å²) in [5.41, 5.74) is 3.26. The van der Waals surface area contributed by atoms with Gasteiger partial charge >= 0.3 is 0 Å². The number of hydrogen-bond donors (Lipinski definition) is 0. The average Bonchev–Trinajstić information content (AvgIpc) is 2.71. The fraction of sp³-hybridized carbons (Fsp3) is 0.538. The summed E-state index contributed by atoms with van der Waals surface area (Å²) in [6.45, 7) is 4.56. The SMILES string of the molecule is CCCC1=C2C=CC=C2SC1CCC.